The Balaban J connectivity index is 1.81. The van der Waals surface area contributed by atoms with Gasteiger partial charge in [-0.25, -0.2) is 9.97 Å². The van der Waals surface area contributed by atoms with Gasteiger partial charge in [-0.05, 0) is 48.6 Å². The molecule has 4 rings (SSSR count). The Morgan fingerprint density at radius 1 is 1.03 bits per heavy atom. The normalized spacial score (nSPS) is 19.9. The van der Waals surface area contributed by atoms with Gasteiger partial charge in [-0.15, -0.1) is 0 Å². The Labute approximate surface area is 228 Å². The van der Waals surface area contributed by atoms with Gasteiger partial charge in [-0.2, -0.15) is 13.2 Å². The summed E-state index contributed by atoms with van der Waals surface area (Å²) in [5.41, 5.74) is 0.528. The predicted molar refractivity (Wildman–Crippen MR) is 140 cm³/mol. The number of carbonyl (C=O) groups excluding carboxylic acids is 2. The van der Waals surface area contributed by atoms with Gasteiger partial charge in [0.15, 0.2) is 0 Å². The SMILES string of the molecule is CC(C)C[C@H]1N(c2cc(Cl)cc(Cl)c2)C(=O)[C@@](C)(Cc2ccc(-c3cncnc3)cc2)N1C(=O)C(F)(F)F. The molecule has 1 fully saturated rings. The third-order valence-electron chi connectivity index (χ3n) is 6.47. The molecule has 0 bridgehead atoms. The highest BCUT2D eigenvalue weighted by molar-refractivity contribution is 6.35. The number of hydrogen-bond donors (Lipinski definition) is 0. The standard InChI is InChI=1S/C27H25Cl2F3N4O2/c1-16(2)8-23-35(22-10-20(28)9-21(29)11-22)24(37)26(3,36(23)25(38)27(30,31)32)12-17-4-6-18(7-5-17)19-13-33-15-34-14-19/h4-7,9-11,13-16,23H,8,12H2,1-3H3/t23-,26+/m0/s1. The third kappa shape index (κ3) is 5.49. The Bertz CT molecular complexity index is 1320. The summed E-state index contributed by atoms with van der Waals surface area (Å²) in [6.07, 6.45) is -1.73. The summed E-state index contributed by atoms with van der Waals surface area (Å²) < 4.78 is 41.8. The molecule has 6 nitrogen and oxygen atoms in total. The van der Waals surface area contributed by atoms with E-state index < -0.39 is 29.7 Å². The van der Waals surface area contributed by atoms with Crippen molar-refractivity contribution in [3.8, 4) is 11.1 Å². The van der Waals surface area contributed by atoms with Gasteiger partial charge in [0.1, 0.15) is 18.0 Å². The molecule has 1 aliphatic rings. The van der Waals surface area contributed by atoms with Crippen molar-refractivity contribution < 1.29 is 22.8 Å². The van der Waals surface area contributed by atoms with Crippen LogP contribution in [0.25, 0.3) is 11.1 Å². The molecular formula is C27H25Cl2F3N4O2. The van der Waals surface area contributed by atoms with E-state index in [9.17, 15) is 22.8 Å². The maximum Gasteiger partial charge on any atom is 0.471 e. The first-order valence-electron chi connectivity index (χ1n) is 11.9. The molecule has 2 aromatic carbocycles. The highest BCUT2D eigenvalue weighted by Gasteiger charge is 2.61. The second-order valence-electron chi connectivity index (χ2n) is 9.86. The average Bonchev–Trinajstić information content (AvgIpc) is 3.03. The van der Waals surface area contributed by atoms with E-state index >= 15 is 0 Å². The summed E-state index contributed by atoms with van der Waals surface area (Å²) in [6, 6.07) is 11.3. The molecule has 1 aromatic heterocycles. The van der Waals surface area contributed by atoms with Gasteiger partial charge in [0.2, 0.25) is 0 Å². The van der Waals surface area contributed by atoms with Crippen LogP contribution >= 0.6 is 23.2 Å². The molecule has 0 unspecified atom stereocenters. The average molecular weight is 565 g/mol. The Morgan fingerprint density at radius 3 is 2.13 bits per heavy atom. The van der Waals surface area contributed by atoms with Gasteiger partial charge in [-0.1, -0.05) is 61.3 Å². The van der Waals surface area contributed by atoms with Crippen LogP contribution in [0.15, 0.2) is 61.2 Å². The van der Waals surface area contributed by atoms with Gasteiger partial charge in [0.25, 0.3) is 5.91 Å². The van der Waals surface area contributed by atoms with Gasteiger partial charge in [-0.3, -0.25) is 19.4 Å². The van der Waals surface area contributed by atoms with Crippen LogP contribution in [0.5, 0.6) is 0 Å². The van der Waals surface area contributed by atoms with E-state index in [0.717, 1.165) is 11.1 Å². The summed E-state index contributed by atoms with van der Waals surface area (Å²) in [7, 11) is 0. The number of hydrogen-bond acceptors (Lipinski definition) is 4. The quantitative estimate of drug-likeness (QED) is 0.340. The molecule has 0 radical (unpaired) electrons. The number of amides is 2. The van der Waals surface area contributed by atoms with Crippen molar-refractivity contribution in [3.05, 3.63) is 76.8 Å². The molecule has 2 heterocycles. The number of alkyl halides is 3. The summed E-state index contributed by atoms with van der Waals surface area (Å²) >= 11 is 12.4. The highest BCUT2D eigenvalue weighted by Crippen LogP contribution is 2.43. The van der Waals surface area contributed by atoms with E-state index in [2.05, 4.69) is 9.97 Å². The molecule has 38 heavy (non-hydrogen) atoms. The molecule has 1 saturated heterocycles. The molecule has 11 heteroatoms. The van der Waals surface area contributed by atoms with Crippen molar-refractivity contribution in [3.63, 3.8) is 0 Å². The first-order valence-corrected chi connectivity index (χ1v) is 12.6. The van der Waals surface area contributed by atoms with E-state index in [-0.39, 0.29) is 34.5 Å². The Morgan fingerprint density at radius 2 is 1.61 bits per heavy atom. The van der Waals surface area contributed by atoms with Crippen molar-refractivity contribution >= 4 is 40.7 Å². The first kappa shape index (κ1) is 27.9. The summed E-state index contributed by atoms with van der Waals surface area (Å²) in [5, 5.41) is 0.428. The fourth-order valence-corrected chi connectivity index (χ4v) is 5.37. The fourth-order valence-electron chi connectivity index (χ4n) is 4.86. The van der Waals surface area contributed by atoms with Crippen LogP contribution < -0.4 is 4.90 Å². The zero-order chi connectivity index (χ0) is 27.8. The smallest absolute Gasteiger partial charge is 0.299 e. The number of benzene rings is 2. The van der Waals surface area contributed by atoms with Crippen LogP contribution in [-0.4, -0.2) is 44.6 Å². The molecule has 1 aliphatic heterocycles. The van der Waals surface area contributed by atoms with E-state index in [1.807, 2.05) is 13.8 Å². The van der Waals surface area contributed by atoms with Crippen molar-refractivity contribution in [1.29, 1.82) is 0 Å². The molecule has 2 atom stereocenters. The summed E-state index contributed by atoms with van der Waals surface area (Å²) in [4.78, 5) is 36.8. The molecule has 200 valence electrons. The van der Waals surface area contributed by atoms with E-state index in [1.54, 1.807) is 36.7 Å². The van der Waals surface area contributed by atoms with Crippen LogP contribution in [0.2, 0.25) is 10.0 Å². The zero-order valence-corrected chi connectivity index (χ0v) is 22.3. The van der Waals surface area contributed by atoms with Gasteiger partial charge < -0.3 is 0 Å². The van der Waals surface area contributed by atoms with Crippen LogP contribution in [0.1, 0.15) is 32.8 Å². The van der Waals surface area contributed by atoms with Crippen molar-refractivity contribution in [2.45, 2.75) is 51.5 Å². The number of anilines is 1. The van der Waals surface area contributed by atoms with E-state index in [4.69, 9.17) is 23.2 Å². The van der Waals surface area contributed by atoms with Crippen LogP contribution in [0, 0.1) is 5.92 Å². The fraction of sp³-hybridized carbons (Fsp3) is 0.333. The van der Waals surface area contributed by atoms with Crippen molar-refractivity contribution in [2.24, 2.45) is 5.92 Å². The van der Waals surface area contributed by atoms with Crippen molar-refractivity contribution in [2.75, 3.05) is 4.90 Å². The highest BCUT2D eigenvalue weighted by atomic mass is 35.5. The number of aromatic nitrogens is 2. The van der Waals surface area contributed by atoms with Crippen LogP contribution in [0.4, 0.5) is 18.9 Å². The van der Waals surface area contributed by atoms with Gasteiger partial charge >= 0.3 is 12.1 Å². The number of rotatable bonds is 6. The topological polar surface area (TPSA) is 66.4 Å². The molecule has 0 saturated carbocycles. The lowest BCUT2D eigenvalue weighted by Gasteiger charge is -2.37. The lowest BCUT2D eigenvalue weighted by molar-refractivity contribution is -0.192. The number of carbonyl (C=O) groups is 2. The second kappa shape index (κ2) is 10.5. The van der Waals surface area contributed by atoms with Crippen molar-refractivity contribution in [1.82, 2.24) is 14.9 Å². The van der Waals surface area contributed by atoms with Crippen LogP contribution in [-0.2, 0) is 16.0 Å². The molecule has 2 amide bonds. The lowest BCUT2D eigenvalue weighted by Crippen LogP contribution is -2.57. The summed E-state index contributed by atoms with van der Waals surface area (Å²) in [6.45, 7) is 4.99. The van der Waals surface area contributed by atoms with Gasteiger partial charge in [0, 0.05) is 40.1 Å². The summed E-state index contributed by atoms with van der Waals surface area (Å²) in [5.74, 6) is -2.87. The predicted octanol–water partition coefficient (Wildman–Crippen LogP) is 6.56. The Hall–Kier alpha value is -3.17. The maximum absolute atomic E-state index is 14.0. The zero-order valence-electron chi connectivity index (χ0n) is 20.8. The van der Waals surface area contributed by atoms with Crippen LogP contribution in [0.3, 0.4) is 0 Å². The lowest BCUT2D eigenvalue weighted by atomic mass is 9.90. The molecular weight excluding hydrogens is 540 g/mol. The molecule has 0 spiro atoms. The van der Waals surface area contributed by atoms with E-state index in [1.165, 1.54) is 36.4 Å². The second-order valence-corrected chi connectivity index (χ2v) is 10.7. The maximum atomic E-state index is 14.0. The minimum absolute atomic E-state index is 0.111. The minimum Gasteiger partial charge on any atom is -0.299 e. The molecule has 0 aliphatic carbocycles. The first-order chi connectivity index (χ1) is 17.8. The Kier molecular flexibility index (Phi) is 7.72. The third-order valence-corrected chi connectivity index (χ3v) is 6.91. The monoisotopic (exact) mass is 564 g/mol. The minimum atomic E-state index is -5.18. The van der Waals surface area contributed by atoms with E-state index in [0.29, 0.717) is 10.5 Å². The molecule has 0 N–H and O–H groups in total. The largest absolute Gasteiger partial charge is 0.471 e. The van der Waals surface area contributed by atoms with Gasteiger partial charge in [0.05, 0.1) is 0 Å². The number of nitrogens with zero attached hydrogens (tertiary/aromatic N) is 4. The number of halogens is 5. The molecule has 3 aromatic rings.